The fraction of sp³-hybridized carbons (Fsp3) is 0.333. The fourth-order valence-corrected chi connectivity index (χ4v) is 0.288. The minimum atomic E-state index is -0.473. The van der Waals surface area contributed by atoms with Crippen LogP contribution in [0.15, 0.2) is 12.2 Å². The van der Waals surface area contributed by atoms with Crippen molar-refractivity contribution in [3.05, 3.63) is 12.2 Å². The highest BCUT2D eigenvalue weighted by Crippen LogP contribution is 1.78. The normalized spacial score (nSPS) is 8.89. The lowest BCUT2D eigenvalue weighted by molar-refractivity contribution is -0.136. The zero-order valence-corrected chi connectivity index (χ0v) is 5.13. The summed E-state index contributed by atoms with van der Waals surface area (Å²) in [4.78, 5) is 10.3. The molecule has 0 aliphatic carbocycles. The van der Waals surface area contributed by atoms with Crippen LogP contribution in [0.25, 0.3) is 0 Å². The summed E-state index contributed by atoms with van der Waals surface area (Å²) in [6.45, 7) is 1.52. The van der Waals surface area contributed by atoms with Crippen molar-refractivity contribution in [2.75, 3.05) is 6.61 Å². The van der Waals surface area contributed by atoms with E-state index in [9.17, 15) is 4.79 Å². The third kappa shape index (κ3) is 4.56. The van der Waals surface area contributed by atoms with Crippen molar-refractivity contribution in [1.82, 2.24) is 0 Å². The number of ether oxygens (including phenoxy) is 1. The van der Waals surface area contributed by atoms with E-state index >= 15 is 0 Å². The van der Waals surface area contributed by atoms with Gasteiger partial charge in [-0.1, -0.05) is 6.08 Å². The van der Waals surface area contributed by atoms with E-state index in [0.717, 1.165) is 0 Å². The molecular formula is C6H7NO2. The molecule has 0 saturated heterocycles. The predicted molar refractivity (Wildman–Crippen MR) is 31.4 cm³/mol. The van der Waals surface area contributed by atoms with Gasteiger partial charge in [0.2, 0.25) is 0 Å². The van der Waals surface area contributed by atoms with Crippen LogP contribution in [0.4, 0.5) is 0 Å². The van der Waals surface area contributed by atoms with Crippen LogP contribution in [0, 0.1) is 11.3 Å². The minimum Gasteiger partial charge on any atom is -0.447 e. The second kappa shape index (κ2) is 4.85. The number of nitrogens with zero attached hydrogens (tertiary/aromatic N) is 1. The zero-order chi connectivity index (χ0) is 7.11. The smallest absolute Gasteiger partial charge is 0.331 e. The first-order chi connectivity index (χ1) is 4.31. The topological polar surface area (TPSA) is 50.1 Å². The van der Waals surface area contributed by atoms with Gasteiger partial charge in [-0.2, -0.15) is 5.26 Å². The largest absolute Gasteiger partial charge is 0.447 e. The van der Waals surface area contributed by atoms with E-state index in [1.54, 1.807) is 19.1 Å². The molecule has 0 atom stereocenters. The second-order valence-electron chi connectivity index (χ2n) is 1.27. The highest BCUT2D eigenvalue weighted by atomic mass is 16.5. The SMILES string of the molecule is C/C=C/C(=O)OCC#N. The average molecular weight is 125 g/mol. The summed E-state index contributed by atoms with van der Waals surface area (Å²) in [6, 6.07) is 1.68. The Bertz CT molecular complexity index is 155. The van der Waals surface area contributed by atoms with Crippen LogP contribution in [-0.4, -0.2) is 12.6 Å². The number of allylic oxidation sites excluding steroid dienone is 1. The van der Waals surface area contributed by atoms with Crippen LogP contribution in [0.1, 0.15) is 6.92 Å². The van der Waals surface area contributed by atoms with Crippen LogP contribution >= 0.6 is 0 Å². The van der Waals surface area contributed by atoms with Gasteiger partial charge in [-0.25, -0.2) is 4.79 Å². The summed E-state index contributed by atoms with van der Waals surface area (Å²) in [7, 11) is 0. The van der Waals surface area contributed by atoms with Crippen molar-refractivity contribution >= 4 is 5.97 Å². The molecule has 3 nitrogen and oxygen atoms in total. The van der Waals surface area contributed by atoms with Gasteiger partial charge in [0.15, 0.2) is 6.61 Å². The minimum absolute atomic E-state index is 0.177. The Morgan fingerprint density at radius 2 is 2.56 bits per heavy atom. The Kier molecular flexibility index (Phi) is 4.15. The Labute approximate surface area is 53.5 Å². The molecular weight excluding hydrogens is 118 g/mol. The number of hydrogen-bond acceptors (Lipinski definition) is 3. The van der Waals surface area contributed by atoms with Gasteiger partial charge in [-0.15, -0.1) is 0 Å². The van der Waals surface area contributed by atoms with Gasteiger partial charge in [0.05, 0.1) is 0 Å². The van der Waals surface area contributed by atoms with Crippen LogP contribution in [0.5, 0.6) is 0 Å². The molecule has 3 heteroatoms. The summed E-state index contributed by atoms with van der Waals surface area (Å²) in [5.74, 6) is -0.473. The quantitative estimate of drug-likeness (QED) is 0.401. The molecule has 0 aliphatic rings. The Hall–Kier alpha value is -1.30. The zero-order valence-electron chi connectivity index (χ0n) is 5.13. The van der Waals surface area contributed by atoms with Gasteiger partial charge in [-0.3, -0.25) is 0 Å². The second-order valence-corrected chi connectivity index (χ2v) is 1.27. The van der Waals surface area contributed by atoms with Crippen LogP contribution in [-0.2, 0) is 9.53 Å². The number of carbonyl (C=O) groups is 1. The summed E-state index contributed by atoms with van der Waals surface area (Å²) >= 11 is 0. The number of hydrogen-bond donors (Lipinski definition) is 0. The maximum atomic E-state index is 10.3. The van der Waals surface area contributed by atoms with Crippen molar-refractivity contribution in [1.29, 1.82) is 5.26 Å². The predicted octanol–water partition coefficient (Wildman–Crippen LogP) is 0.629. The molecule has 0 aromatic rings. The number of nitriles is 1. The Balaban J connectivity index is 3.42. The van der Waals surface area contributed by atoms with Crippen LogP contribution in [0.2, 0.25) is 0 Å². The third-order valence-electron chi connectivity index (χ3n) is 0.582. The molecule has 0 aliphatic heterocycles. The lowest BCUT2D eigenvalue weighted by Crippen LogP contribution is -1.99. The molecule has 0 saturated carbocycles. The molecule has 0 heterocycles. The van der Waals surface area contributed by atoms with E-state index in [2.05, 4.69) is 4.74 Å². The van der Waals surface area contributed by atoms with Gasteiger partial charge < -0.3 is 4.74 Å². The van der Waals surface area contributed by atoms with Crippen molar-refractivity contribution in [3.63, 3.8) is 0 Å². The maximum Gasteiger partial charge on any atom is 0.331 e. The molecule has 0 unspecified atom stereocenters. The fourth-order valence-electron chi connectivity index (χ4n) is 0.288. The maximum absolute atomic E-state index is 10.3. The summed E-state index contributed by atoms with van der Waals surface area (Å²) < 4.78 is 4.34. The van der Waals surface area contributed by atoms with Crippen LogP contribution in [0.3, 0.4) is 0 Å². The van der Waals surface area contributed by atoms with Crippen molar-refractivity contribution in [3.8, 4) is 6.07 Å². The first-order valence-corrected chi connectivity index (χ1v) is 2.47. The van der Waals surface area contributed by atoms with Gasteiger partial charge >= 0.3 is 5.97 Å². The molecule has 0 amide bonds. The van der Waals surface area contributed by atoms with E-state index in [1.807, 2.05) is 0 Å². The van der Waals surface area contributed by atoms with E-state index in [-0.39, 0.29) is 6.61 Å². The molecule has 0 bridgehead atoms. The summed E-state index contributed by atoms with van der Waals surface area (Å²) in [5, 5.41) is 7.93. The van der Waals surface area contributed by atoms with Crippen LogP contribution < -0.4 is 0 Å². The average Bonchev–Trinajstić information content (AvgIpc) is 1.85. The van der Waals surface area contributed by atoms with Crippen molar-refractivity contribution < 1.29 is 9.53 Å². The first-order valence-electron chi connectivity index (χ1n) is 2.47. The molecule has 0 fully saturated rings. The lowest BCUT2D eigenvalue weighted by Gasteiger charge is -1.89. The van der Waals surface area contributed by atoms with Gasteiger partial charge in [0.25, 0.3) is 0 Å². The highest BCUT2D eigenvalue weighted by molar-refractivity contribution is 5.81. The third-order valence-corrected chi connectivity index (χ3v) is 0.582. The Morgan fingerprint density at radius 1 is 1.89 bits per heavy atom. The molecule has 0 rings (SSSR count). The molecule has 0 N–H and O–H groups in total. The number of esters is 1. The monoisotopic (exact) mass is 125 g/mol. The van der Waals surface area contributed by atoms with Gasteiger partial charge in [0.1, 0.15) is 6.07 Å². The molecule has 0 aromatic carbocycles. The molecule has 0 aromatic heterocycles. The van der Waals surface area contributed by atoms with Crippen molar-refractivity contribution in [2.24, 2.45) is 0 Å². The van der Waals surface area contributed by atoms with E-state index < -0.39 is 5.97 Å². The van der Waals surface area contributed by atoms with Crippen molar-refractivity contribution in [2.45, 2.75) is 6.92 Å². The number of rotatable bonds is 2. The standard InChI is InChI=1S/C6H7NO2/c1-2-3-6(8)9-5-4-7/h2-3H,5H2,1H3/b3-2+. The summed E-state index contributed by atoms with van der Waals surface area (Å²) in [6.07, 6.45) is 2.82. The molecule has 0 spiro atoms. The Morgan fingerprint density at radius 3 is 3.00 bits per heavy atom. The molecule has 9 heavy (non-hydrogen) atoms. The van der Waals surface area contributed by atoms with Gasteiger partial charge in [-0.05, 0) is 6.92 Å². The van der Waals surface area contributed by atoms with E-state index in [1.165, 1.54) is 6.08 Å². The molecule has 48 valence electrons. The number of carbonyl (C=O) groups excluding carboxylic acids is 1. The highest BCUT2D eigenvalue weighted by Gasteiger charge is 1.91. The van der Waals surface area contributed by atoms with E-state index in [4.69, 9.17) is 5.26 Å². The molecule has 0 radical (unpaired) electrons. The van der Waals surface area contributed by atoms with Gasteiger partial charge in [0, 0.05) is 6.08 Å². The lowest BCUT2D eigenvalue weighted by atomic mass is 10.5. The summed E-state index contributed by atoms with van der Waals surface area (Å²) in [5.41, 5.74) is 0. The first kappa shape index (κ1) is 7.70. The van der Waals surface area contributed by atoms with E-state index in [0.29, 0.717) is 0 Å².